The van der Waals surface area contributed by atoms with Gasteiger partial charge in [-0.25, -0.2) is 10.0 Å². The number of benzene rings is 4. The molecule has 5 aromatic rings. The molecule has 2 heterocycles. The van der Waals surface area contributed by atoms with Gasteiger partial charge in [-0.3, -0.25) is 15.0 Å². The number of hydrazine groups is 1. The zero-order valence-electron chi connectivity index (χ0n) is 32.2. The van der Waals surface area contributed by atoms with E-state index in [9.17, 15) is 9.59 Å². The molecule has 0 radical (unpaired) electrons. The van der Waals surface area contributed by atoms with Crippen molar-refractivity contribution in [2.75, 3.05) is 16.9 Å². The lowest BCUT2D eigenvalue weighted by Gasteiger charge is -2.30. The molecule has 1 aliphatic rings. The van der Waals surface area contributed by atoms with Gasteiger partial charge in [0.05, 0.1) is 22.7 Å². The minimum absolute atomic E-state index is 0.0107. The summed E-state index contributed by atoms with van der Waals surface area (Å²) in [6, 6.07) is 28.9. The summed E-state index contributed by atoms with van der Waals surface area (Å²) in [5.41, 5.74) is 9.86. The number of hydrogen-bond donors (Lipinski definition) is 2. The van der Waals surface area contributed by atoms with Crippen LogP contribution in [0.1, 0.15) is 76.6 Å². The quantitative estimate of drug-likeness (QED) is 0.123. The van der Waals surface area contributed by atoms with E-state index < -0.39 is 5.25 Å². The molecule has 54 heavy (non-hydrogen) atoms. The molecule has 6 rings (SSSR count). The first-order chi connectivity index (χ1) is 25.8. The highest BCUT2D eigenvalue weighted by Crippen LogP contribution is 2.39. The van der Waals surface area contributed by atoms with Crippen LogP contribution in [0.25, 0.3) is 5.69 Å². The number of ether oxygens (including phenoxy) is 1. The number of carbonyl (C=O) groups excluding carboxylic acids is 2. The molecule has 0 aliphatic carbocycles. The second kappa shape index (κ2) is 15.9. The van der Waals surface area contributed by atoms with Gasteiger partial charge in [0.15, 0.2) is 11.9 Å². The van der Waals surface area contributed by atoms with Crippen molar-refractivity contribution in [3.8, 4) is 11.4 Å². The fourth-order valence-corrected chi connectivity index (χ4v) is 7.04. The van der Waals surface area contributed by atoms with Crippen molar-refractivity contribution >= 4 is 46.5 Å². The molecule has 1 saturated heterocycles. The van der Waals surface area contributed by atoms with Crippen molar-refractivity contribution in [2.45, 2.75) is 89.5 Å². The number of amidine groups is 1. The van der Waals surface area contributed by atoms with Gasteiger partial charge in [-0.1, -0.05) is 113 Å². The molecule has 1 aromatic heterocycles. The van der Waals surface area contributed by atoms with E-state index in [0.29, 0.717) is 28.1 Å². The second-order valence-corrected chi connectivity index (χ2v) is 15.9. The molecule has 0 spiro atoms. The Bertz CT molecular complexity index is 2180. The number of anilines is 2. The normalized spacial score (nSPS) is 15.4. The van der Waals surface area contributed by atoms with E-state index in [1.807, 2.05) is 80.6 Å². The second-order valence-electron chi connectivity index (χ2n) is 14.8. The number of amides is 2. The molecule has 11 nitrogen and oxygen atoms in total. The number of aromatic nitrogens is 4. The van der Waals surface area contributed by atoms with E-state index in [0.717, 1.165) is 40.9 Å². The Labute approximate surface area is 321 Å². The lowest BCUT2D eigenvalue weighted by Crippen LogP contribution is -2.37. The average Bonchev–Trinajstić information content (AvgIpc) is 3.76. The Kier molecular flexibility index (Phi) is 11.2. The number of rotatable bonds is 13. The number of nitrogens with one attached hydrogen (secondary N) is 2. The van der Waals surface area contributed by atoms with Gasteiger partial charge >= 0.3 is 0 Å². The summed E-state index contributed by atoms with van der Waals surface area (Å²) in [5, 5.41) is 16.3. The molecule has 280 valence electrons. The summed E-state index contributed by atoms with van der Waals surface area (Å²) in [6.07, 6.45) is 1.91. The van der Waals surface area contributed by atoms with Gasteiger partial charge in [0.2, 0.25) is 5.16 Å². The van der Waals surface area contributed by atoms with Crippen LogP contribution in [-0.4, -0.2) is 49.7 Å². The molecule has 0 bridgehead atoms. The van der Waals surface area contributed by atoms with Crippen LogP contribution in [-0.2, 0) is 20.4 Å². The number of nitrogens with zero attached hydrogens (tertiary/aromatic N) is 6. The monoisotopic (exact) mass is 744 g/mol. The Hall–Kier alpha value is -5.49. The van der Waals surface area contributed by atoms with Gasteiger partial charge in [0.25, 0.3) is 11.8 Å². The molecule has 1 atom stereocenters. The van der Waals surface area contributed by atoms with Crippen LogP contribution in [0.3, 0.4) is 0 Å². The summed E-state index contributed by atoms with van der Waals surface area (Å²) in [6.45, 7) is 17.0. The third-order valence-electron chi connectivity index (χ3n) is 10.2. The summed E-state index contributed by atoms with van der Waals surface area (Å²) in [5.74, 6) is 0.433. The maximum atomic E-state index is 14.4. The number of carbonyl (C=O) groups is 2. The van der Waals surface area contributed by atoms with E-state index in [-0.39, 0.29) is 29.3 Å². The number of hydrogen-bond acceptors (Lipinski definition) is 8. The van der Waals surface area contributed by atoms with E-state index in [1.165, 1.54) is 22.3 Å². The van der Waals surface area contributed by atoms with Crippen LogP contribution in [0, 0.1) is 13.8 Å². The number of aliphatic imine (C=N–C) groups is 1. The largest absolute Gasteiger partial charge is 0.483 e. The average molecular weight is 745 g/mol. The third kappa shape index (κ3) is 8.18. The summed E-state index contributed by atoms with van der Waals surface area (Å²) in [7, 11) is 0. The number of tetrazole rings is 1. The highest BCUT2D eigenvalue weighted by molar-refractivity contribution is 8.01. The molecule has 1 unspecified atom stereocenters. The molecule has 1 fully saturated rings. The Balaban J connectivity index is 1.27. The van der Waals surface area contributed by atoms with Crippen molar-refractivity contribution in [3.63, 3.8) is 0 Å². The first kappa shape index (κ1) is 38.2. The summed E-state index contributed by atoms with van der Waals surface area (Å²) >= 11 is 1.19. The van der Waals surface area contributed by atoms with E-state index in [1.54, 1.807) is 16.8 Å². The highest BCUT2D eigenvalue weighted by atomic mass is 32.2. The molecule has 4 aromatic carbocycles. The Morgan fingerprint density at radius 3 is 2.37 bits per heavy atom. The third-order valence-corrected chi connectivity index (χ3v) is 11.3. The topological polar surface area (TPSA) is 127 Å². The minimum Gasteiger partial charge on any atom is -0.483 e. The van der Waals surface area contributed by atoms with Crippen molar-refractivity contribution in [1.29, 1.82) is 0 Å². The fourth-order valence-electron chi connectivity index (χ4n) is 6.09. The van der Waals surface area contributed by atoms with Crippen LogP contribution >= 0.6 is 11.8 Å². The van der Waals surface area contributed by atoms with Gasteiger partial charge in [0.1, 0.15) is 11.6 Å². The van der Waals surface area contributed by atoms with Crippen molar-refractivity contribution in [1.82, 2.24) is 25.6 Å². The molecular formula is C42H48N8O3S. The van der Waals surface area contributed by atoms with Crippen LogP contribution in [0.15, 0.2) is 101 Å². The first-order valence-corrected chi connectivity index (χ1v) is 19.1. The van der Waals surface area contributed by atoms with Crippen molar-refractivity contribution < 1.29 is 14.3 Å². The molecule has 1 aliphatic heterocycles. The lowest BCUT2D eigenvalue weighted by atomic mass is 9.76. The zero-order valence-corrected chi connectivity index (χ0v) is 33.0. The maximum Gasteiger partial charge on any atom is 0.267 e. The van der Waals surface area contributed by atoms with Gasteiger partial charge in [-0.2, -0.15) is 4.68 Å². The van der Waals surface area contributed by atoms with Crippen molar-refractivity contribution in [2.24, 2.45) is 4.99 Å². The van der Waals surface area contributed by atoms with Gasteiger partial charge in [-0.05, 0) is 95.5 Å². The molecular weight excluding hydrogens is 697 g/mol. The summed E-state index contributed by atoms with van der Waals surface area (Å²) < 4.78 is 7.81. The van der Waals surface area contributed by atoms with Crippen LogP contribution < -0.4 is 20.5 Å². The predicted molar refractivity (Wildman–Crippen MR) is 216 cm³/mol. The van der Waals surface area contributed by atoms with E-state index in [4.69, 9.17) is 9.73 Å². The minimum atomic E-state index is -0.827. The van der Waals surface area contributed by atoms with Gasteiger partial charge in [-0.15, -0.1) is 5.10 Å². The predicted octanol–water partition coefficient (Wildman–Crippen LogP) is 8.41. The molecule has 0 saturated carbocycles. The van der Waals surface area contributed by atoms with E-state index >= 15 is 0 Å². The first-order valence-electron chi connectivity index (χ1n) is 18.2. The summed E-state index contributed by atoms with van der Waals surface area (Å²) in [4.78, 5) is 32.9. The number of thioether (sulfide) groups is 1. The van der Waals surface area contributed by atoms with Crippen LogP contribution in [0.5, 0.6) is 5.75 Å². The van der Waals surface area contributed by atoms with E-state index in [2.05, 4.69) is 79.9 Å². The fraction of sp³-hybridized carbons (Fsp3) is 0.333. The zero-order chi connectivity index (χ0) is 38.6. The van der Waals surface area contributed by atoms with Gasteiger partial charge in [0, 0.05) is 5.56 Å². The van der Waals surface area contributed by atoms with Crippen LogP contribution in [0.2, 0.25) is 0 Å². The smallest absolute Gasteiger partial charge is 0.267 e. The molecule has 12 heteroatoms. The molecule has 2 N–H and O–H groups in total. The number of aryl methyl sites for hydroxylation is 2. The molecule has 2 amide bonds. The number of para-hydroxylation sites is 3. The maximum absolute atomic E-state index is 14.4. The lowest BCUT2D eigenvalue weighted by molar-refractivity contribution is -0.118. The highest BCUT2D eigenvalue weighted by Gasteiger charge is 2.41. The van der Waals surface area contributed by atoms with Crippen molar-refractivity contribution in [3.05, 3.63) is 113 Å². The SMILES string of the molecule is CCC(C)(C)c1ccc(OCC(=O)Nc2ccccc2N2NC(=Nc3ccc(C)cc3C)C(Sc3nnnn3-c3ccccc3)C2=O)c(C(C)(C)CC)c1. The Morgan fingerprint density at radius 2 is 1.65 bits per heavy atom. The van der Waals surface area contributed by atoms with Gasteiger partial charge < -0.3 is 10.1 Å². The standard InChI is InChI=1S/C42H48N8O3S/c1-9-41(5,6)29-21-23-35(31(25-29)42(7,8)10-2)53-26-36(51)43-33-18-14-15-19-34(33)50-39(52)37(38(46-50)44-32-22-20-27(3)24-28(32)4)54-40-45-47-48-49(40)30-16-12-11-13-17-30/h11-25,37H,9-10,26H2,1-8H3,(H,43,51)(H,44,46). The Morgan fingerprint density at radius 1 is 0.926 bits per heavy atom. The van der Waals surface area contributed by atoms with Crippen LogP contribution in [0.4, 0.5) is 17.1 Å².